The number of nitrogens with zero attached hydrogens (tertiary/aromatic N) is 2. The molecule has 1 N–H and O–H groups in total. The van der Waals surface area contributed by atoms with Crippen molar-refractivity contribution in [2.24, 2.45) is 0 Å². The Morgan fingerprint density at radius 3 is 2.54 bits per heavy atom. The lowest BCUT2D eigenvalue weighted by molar-refractivity contribution is -0.113. The quantitative estimate of drug-likeness (QED) is 0.508. The van der Waals surface area contributed by atoms with Crippen LogP contribution in [0.25, 0.3) is 0 Å². The van der Waals surface area contributed by atoms with Gasteiger partial charge in [-0.15, -0.1) is 0 Å². The van der Waals surface area contributed by atoms with Gasteiger partial charge in [-0.2, -0.15) is 0 Å². The molecule has 28 heavy (non-hydrogen) atoms. The molecule has 0 spiro atoms. The zero-order valence-electron chi connectivity index (χ0n) is 15.9. The van der Waals surface area contributed by atoms with E-state index in [9.17, 15) is 9.18 Å². The van der Waals surface area contributed by atoms with E-state index >= 15 is 0 Å². The van der Waals surface area contributed by atoms with Gasteiger partial charge in [0.25, 0.3) is 0 Å². The number of halogens is 1. The number of nitrogens with one attached hydrogen (secondary N) is 1. The van der Waals surface area contributed by atoms with Crippen molar-refractivity contribution in [3.8, 4) is 0 Å². The van der Waals surface area contributed by atoms with Crippen LogP contribution >= 0.6 is 11.8 Å². The maximum atomic E-state index is 13.0. The van der Waals surface area contributed by atoms with Gasteiger partial charge in [0.2, 0.25) is 5.91 Å². The van der Waals surface area contributed by atoms with E-state index in [-0.39, 0.29) is 17.5 Å². The zero-order valence-corrected chi connectivity index (χ0v) is 16.7. The normalized spacial score (nSPS) is 10.8. The number of carbonyl (C=O) groups is 1. The molecule has 0 fully saturated rings. The van der Waals surface area contributed by atoms with Crippen molar-refractivity contribution in [3.05, 3.63) is 77.9 Å². The lowest BCUT2D eigenvalue weighted by Gasteiger charge is -2.09. The summed E-state index contributed by atoms with van der Waals surface area (Å²) in [6, 6.07) is 14.4. The number of amides is 1. The standard InChI is InChI=1S/C22H24FN3OS/c1-2-3-4-17-7-11-20(12-8-17)25-21(27)16-28-22-24-13-14-26(22)15-18-5-9-19(23)10-6-18/h5-14H,2-4,15-16H2,1H3,(H,25,27). The number of thioether (sulfide) groups is 1. The van der Waals surface area contributed by atoms with Crippen LogP contribution in [0, 0.1) is 5.82 Å². The molecule has 4 nitrogen and oxygen atoms in total. The summed E-state index contributed by atoms with van der Waals surface area (Å²) >= 11 is 1.38. The number of unbranched alkanes of at least 4 members (excludes halogenated alkanes) is 1. The van der Waals surface area contributed by atoms with E-state index in [1.54, 1.807) is 18.3 Å². The summed E-state index contributed by atoms with van der Waals surface area (Å²) in [6.07, 6.45) is 6.98. The fourth-order valence-corrected chi connectivity index (χ4v) is 3.56. The number of hydrogen-bond acceptors (Lipinski definition) is 3. The molecule has 2 aromatic carbocycles. The van der Waals surface area contributed by atoms with E-state index in [0.717, 1.165) is 22.8 Å². The molecule has 0 unspecified atom stereocenters. The number of anilines is 1. The average molecular weight is 398 g/mol. The lowest BCUT2D eigenvalue weighted by atomic mass is 10.1. The van der Waals surface area contributed by atoms with Gasteiger partial charge < -0.3 is 9.88 Å². The third kappa shape index (κ3) is 5.96. The third-order valence-corrected chi connectivity index (χ3v) is 5.34. The fraction of sp³-hybridized carbons (Fsp3) is 0.273. The van der Waals surface area contributed by atoms with Crippen LogP contribution in [0.3, 0.4) is 0 Å². The number of rotatable bonds is 9. The molecule has 0 aliphatic carbocycles. The number of aryl methyl sites for hydroxylation is 1. The van der Waals surface area contributed by atoms with E-state index in [2.05, 4.69) is 29.4 Å². The summed E-state index contributed by atoms with van der Waals surface area (Å²) in [5.41, 5.74) is 3.08. The first-order chi connectivity index (χ1) is 13.6. The summed E-state index contributed by atoms with van der Waals surface area (Å²) in [4.78, 5) is 16.6. The Labute approximate surface area is 169 Å². The van der Waals surface area contributed by atoms with Crippen LogP contribution in [0.15, 0.2) is 66.1 Å². The molecule has 3 aromatic rings. The van der Waals surface area contributed by atoms with Crippen LogP contribution in [0.4, 0.5) is 10.1 Å². The second kappa shape index (κ2) is 10.1. The zero-order chi connectivity index (χ0) is 19.8. The third-order valence-electron chi connectivity index (χ3n) is 4.33. The minimum Gasteiger partial charge on any atom is -0.325 e. The predicted molar refractivity (Wildman–Crippen MR) is 112 cm³/mol. The van der Waals surface area contributed by atoms with E-state index in [0.29, 0.717) is 6.54 Å². The summed E-state index contributed by atoms with van der Waals surface area (Å²) in [5, 5.41) is 3.68. The smallest absolute Gasteiger partial charge is 0.234 e. The number of benzene rings is 2. The molecule has 1 heterocycles. The topological polar surface area (TPSA) is 46.9 Å². The van der Waals surface area contributed by atoms with Crippen LogP contribution < -0.4 is 5.32 Å². The Hall–Kier alpha value is -2.60. The van der Waals surface area contributed by atoms with Gasteiger partial charge in [0.15, 0.2) is 5.16 Å². The van der Waals surface area contributed by atoms with Crippen molar-refractivity contribution in [3.63, 3.8) is 0 Å². The molecule has 1 amide bonds. The van der Waals surface area contributed by atoms with Gasteiger partial charge in [-0.3, -0.25) is 4.79 Å². The highest BCUT2D eigenvalue weighted by Gasteiger charge is 2.09. The summed E-state index contributed by atoms with van der Waals surface area (Å²) in [7, 11) is 0. The monoisotopic (exact) mass is 397 g/mol. The van der Waals surface area contributed by atoms with Crippen LogP contribution in [0.2, 0.25) is 0 Å². The summed E-state index contributed by atoms with van der Waals surface area (Å²) in [5.74, 6) is -0.0421. The predicted octanol–water partition coefficient (Wildman–Crippen LogP) is 5.14. The highest BCUT2D eigenvalue weighted by Crippen LogP contribution is 2.18. The van der Waals surface area contributed by atoms with E-state index in [4.69, 9.17) is 0 Å². The highest BCUT2D eigenvalue weighted by molar-refractivity contribution is 7.99. The van der Waals surface area contributed by atoms with Gasteiger partial charge in [0, 0.05) is 24.6 Å². The molecule has 0 aliphatic rings. The maximum Gasteiger partial charge on any atom is 0.234 e. The number of hydrogen-bond donors (Lipinski definition) is 1. The largest absolute Gasteiger partial charge is 0.325 e. The number of aromatic nitrogens is 2. The fourth-order valence-electron chi connectivity index (χ4n) is 2.81. The van der Waals surface area contributed by atoms with Crippen LogP contribution in [-0.4, -0.2) is 21.2 Å². The molecule has 6 heteroatoms. The van der Waals surface area contributed by atoms with Crippen LogP contribution in [0.5, 0.6) is 0 Å². The Morgan fingerprint density at radius 1 is 1.11 bits per heavy atom. The molecular weight excluding hydrogens is 373 g/mol. The molecule has 146 valence electrons. The van der Waals surface area contributed by atoms with Crippen molar-refractivity contribution in [2.75, 3.05) is 11.1 Å². The Bertz CT molecular complexity index is 891. The van der Waals surface area contributed by atoms with Crippen molar-refractivity contribution in [1.82, 2.24) is 9.55 Å². The summed E-state index contributed by atoms with van der Waals surface area (Å²) in [6.45, 7) is 2.76. The lowest BCUT2D eigenvalue weighted by Crippen LogP contribution is -2.14. The Balaban J connectivity index is 1.51. The SMILES string of the molecule is CCCCc1ccc(NC(=O)CSc2nccn2Cc2ccc(F)cc2)cc1. The molecule has 1 aromatic heterocycles. The first kappa shape index (κ1) is 20.1. The van der Waals surface area contributed by atoms with Crippen LogP contribution in [0.1, 0.15) is 30.9 Å². The van der Waals surface area contributed by atoms with Crippen molar-refractivity contribution in [1.29, 1.82) is 0 Å². The van der Waals surface area contributed by atoms with Gasteiger partial charge in [-0.1, -0.05) is 49.4 Å². The average Bonchev–Trinajstić information content (AvgIpc) is 3.14. The van der Waals surface area contributed by atoms with Crippen molar-refractivity contribution < 1.29 is 9.18 Å². The number of imidazole rings is 1. The second-order valence-corrected chi connectivity index (χ2v) is 7.54. The summed E-state index contributed by atoms with van der Waals surface area (Å²) < 4.78 is 15.0. The molecular formula is C22H24FN3OS. The van der Waals surface area contributed by atoms with Gasteiger partial charge in [-0.05, 0) is 48.2 Å². The van der Waals surface area contributed by atoms with Crippen molar-refractivity contribution >= 4 is 23.4 Å². The molecule has 0 saturated heterocycles. The minimum absolute atomic E-state index is 0.0670. The first-order valence-corrected chi connectivity index (χ1v) is 10.4. The molecule has 0 saturated carbocycles. The highest BCUT2D eigenvalue weighted by atomic mass is 32.2. The van der Waals surface area contributed by atoms with Gasteiger partial charge in [-0.25, -0.2) is 9.37 Å². The molecule has 0 bridgehead atoms. The van der Waals surface area contributed by atoms with E-state index in [1.165, 1.54) is 42.3 Å². The molecule has 0 radical (unpaired) electrons. The number of carbonyl (C=O) groups excluding carboxylic acids is 1. The van der Waals surface area contributed by atoms with Gasteiger partial charge in [0.05, 0.1) is 5.75 Å². The van der Waals surface area contributed by atoms with E-state index in [1.807, 2.05) is 22.9 Å². The van der Waals surface area contributed by atoms with Gasteiger partial charge in [0.1, 0.15) is 5.82 Å². The second-order valence-electron chi connectivity index (χ2n) is 6.60. The first-order valence-electron chi connectivity index (χ1n) is 9.41. The Kier molecular flexibility index (Phi) is 7.25. The van der Waals surface area contributed by atoms with Gasteiger partial charge >= 0.3 is 0 Å². The molecule has 3 rings (SSSR count). The molecule has 0 aliphatic heterocycles. The maximum absolute atomic E-state index is 13.0. The van der Waals surface area contributed by atoms with E-state index < -0.39 is 0 Å². The Morgan fingerprint density at radius 2 is 1.82 bits per heavy atom. The van der Waals surface area contributed by atoms with Crippen molar-refractivity contribution in [2.45, 2.75) is 37.9 Å². The molecule has 0 atom stereocenters. The van der Waals surface area contributed by atoms with Crippen LogP contribution in [-0.2, 0) is 17.8 Å². The minimum atomic E-state index is -0.251.